The van der Waals surface area contributed by atoms with Crippen molar-refractivity contribution >= 4 is 23.3 Å². The van der Waals surface area contributed by atoms with Crippen LogP contribution in [0.4, 0.5) is 0 Å². The van der Waals surface area contributed by atoms with Gasteiger partial charge in [0.1, 0.15) is 17.6 Å². The molecule has 33 heavy (non-hydrogen) atoms. The summed E-state index contributed by atoms with van der Waals surface area (Å²) in [7, 11) is 0. The number of carboxylic acids is 1. The van der Waals surface area contributed by atoms with Crippen molar-refractivity contribution in [3.63, 3.8) is 0 Å². The summed E-state index contributed by atoms with van der Waals surface area (Å²) in [6, 6.07) is 19.6. The van der Waals surface area contributed by atoms with Crippen molar-refractivity contribution in [1.29, 1.82) is 0 Å². The molecule has 0 unspecified atom stereocenters. The minimum atomic E-state index is -1.00. The summed E-state index contributed by atoms with van der Waals surface area (Å²) in [5.41, 5.74) is 2.61. The number of pyridine rings is 2. The van der Waals surface area contributed by atoms with Gasteiger partial charge < -0.3 is 19.7 Å². The Hall–Kier alpha value is -4.04. The molecule has 0 spiro atoms. The van der Waals surface area contributed by atoms with Crippen molar-refractivity contribution in [2.75, 3.05) is 0 Å². The molecule has 0 bridgehead atoms. The number of aromatic nitrogens is 2. The van der Waals surface area contributed by atoms with Crippen molar-refractivity contribution in [1.82, 2.24) is 20.2 Å². The highest BCUT2D eigenvalue weighted by Crippen LogP contribution is 2.41. The highest BCUT2D eigenvalue weighted by Gasteiger charge is 2.41. The molecule has 4 aromatic rings. The summed E-state index contributed by atoms with van der Waals surface area (Å²) >= 11 is 5.70. The SMILES string of the molecule is O=C(O)c1ccccc1-c1ccc([C@H]2[C@@H](c3ccccn3)NC(=S)N2Cc2ccncc2)o1. The van der Waals surface area contributed by atoms with Crippen LogP contribution in [0.5, 0.6) is 0 Å². The number of rotatable bonds is 6. The first-order valence-electron chi connectivity index (χ1n) is 10.4. The van der Waals surface area contributed by atoms with Gasteiger partial charge in [0.15, 0.2) is 5.11 Å². The molecular weight excluding hydrogens is 436 g/mol. The topological polar surface area (TPSA) is 91.5 Å². The molecule has 2 atom stereocenters. The van der Waals surface area contributed by atoms with Crippen LogP contribution < -0.4 is 5.32 Å². The fourth-order valence-corrected chi connectivity index (χ4v) is 4.42. The van der Waals surface area contributed by atoms with Crippen molar-refractivity contribution in [3.05, 3.63) is 108 Å². The Morgan fingerprint density at radius 3 is 2.58 bits per heavy atom. The van der Waals surface area contributed by atoms with Gasteiger partial charge in [0.25, 0.3) is 0 Å². The van der Waals surface area contributed by atoms with E-state index in [1.807, 2.05) is 36.4 Å². The molecule has 164 valence electrons. The maximum atomic E-state index is 11.7. The van der Waals surface area contributed by atoms with Gasteiger partial charge in [0, 0.05) is 30.7 Å². The second kappa shape index (κ2) is 8.84. The van der Waals surface area contributed by atoms with Gasteiger partial charge in [0.2, 0.25) is 0 Å². The van der Waals surface area contributed by atoms with Crippen molar-refractivity contribution in [3.8, 4) is 11.3 Å². The summed E-state index contributed by atoms with van der Waals surface area (Å²) in [4.78, 5) is 22.4. The molecule has 4 heterocycles. The van der Waals surface area contributed by atoms with E-state index in [1.165, 1.54) is 0 Å². The van der Waals surface area contributed by atoms with E-state index >= 15 is 0 Å². The minimum absolute atomic E-state index is 0.188. The number of benzene rings is 1. The Balaban J connectivity index is 1.56. The van der Waals surface area contributed by atoms with Gasteiger partial charge in [-0.3, -0.25) is 9.97 Å². The lowest BCUT2D eigenvalue weighted by molar-refractivity contribution is 0.0697. The number of hydrogen-bond donors (Lipinski definition) is 2. The zero-order valence-corrected chi connectivity index (χ0v) is 18.3. The number of thiocarbonyl (C=S) groups is 1. The smallest absolute Gasteiger partial charge is 0.336 e. The molecule has 1 aromatic carbocycles. The Bertz CT molecular complexity index is 1290. The lowest BCUT2D eigenvalue weighted by atomic mass is 10.0. The first kappa shape index (κ1) is 20.8. The predicted molar refractivity (Wildman–Crippen MR) is 126 cm³/mol. The van der Waals surface area contributed by atoms with Crippen LogP contribution in [0.1, 0.15) is 39.5 Å². The van der Waals surface area contributed by atoms with Crippen LogP contribution in [-0.2, 0) is 6.54 Å². The fraction of sp³-hybridized carbons (Fsp3) is 0.120. The molecule has 0 amide bonds. The molecule has 3 aromatic heterocycles. The Kier molecular flexibility index (Phi) is 5.58. The molecule has 2 N–H and O–H groups in total. The second-order valence-corrected chi connectivity index (χ2v) is 8.05. The number of carboxylic acid groups (broad SMARTS) is 1. The number of hydrogen-bond acceptors (Lipinski definition) is 5. The van der Waals surface area contributed by atoms with E-state index in [4.69, 9.17) is 16.6 Å². The summed E-state index contributed by atoms with van der Waals surface area (Å²) < 4.78 is 6.27. The molecule has 0 saturated carbocycles. The van der Waals surface area contributed by atoms with Gasteiger partial charge in [-0.15, -0.1) is 0 Å². The largest absolute Gasteiger partial charge is 0.478 e. The van der Waals surface area contributed by atoms with Crippen LogP contribution in [0.25, 0.3) is 11.3 Å². The second-order valence-electron chi connectivity index (χ2n) is 7.66. The average molecular weight is 457 g/mol. The number of aromatic carboxylic acids is 1. The van der Waals surface area contributed by atoms with Gasteiger partial charge >= 0.3 is 5.97 Å². The monoisotopic (exact) mass is 456 g/mol. The minimum Gasteiger partial charge on any atom is -0.478 e. The van der Waals surface area contributed by atoms with Gasteiger partial charge in [0.05, 0.1) is 17.3 Å². The standard InChI is InChI=1S/C25H20N4O3S/c30-24(31)18-6-2-1-5-17(18)20-8-9-21(32-20)23-22(19-7-3-4-12-27-19)28-25(33)29(23)15-16-10-13-26-14-11-16/h1-14,22-23H,15H2,(H,28,33)(H,30,31)/t22-,23+/m1/s1. The van der Waals surface area contributed by atoms with E-state index < -0.39 is 5.97 Å². The first-order chi connectivity index (χ1) is 16.1. The van der Waals surface area contributed by atoms with E-state index in [2.05, 4.69) is 20.2 Å². The third-order valence-electron chi connectivity index (χ3n) is 5.64. The third-order valence-corrected chi connectivity index (χ3v) is 5.99. The molecule has 1 aliphatic rings. The zero-order valence-electron chi connectivity index (χ0n) is 17.5. The van der Waals surface area contributed by atoms with Crippen LogP contribution >= 0.6 is 12.2 Å². The van der Waals surface area contributed by atoms with E-state index in [-0.39, 0.29) is 17.6 Å². The number of nitrogens with zero attached hydrogens (tertiary/aromatic N) is 3. The fourth-order valence-electron chi connectivity index (χ4n) is 4.11. The Morgan fingerprint density at radius 1 is 1.03 bits per heavy atom. The number of furan rings is 1. The first-order valence-corrected chi connectivity index (χ1v) is 10.8. The lowest BCUT2D eigenvalue weighted by Gasteiger charge is -2.26. The quantitative estimate of drug-likeness (QED) is 0.407. The maximum Gasteiger partial charge on any atom is 0.336 e. The van der Waals surface area contributed by atoms with Crippen LogP contribution in [-0.4, -0.2) is 31.1 Å². The third kappa shape index (κ3) is 4.08. The molecule has 0 aliphatic carbocycles. The summed E-state index contributed by atoms with van der Waals surface area (Å²) in [6.45, 7) is 0.560. The molecule has 1 aliphatic heterocycles. The van der Waals surface area contributed by atoms with Crippen molar-refractivity contribution in [2.24, 2.45) is 0 Å². The van der Waals surface area contributed by atoms with Gasteiger partial charge in [-0.1, -0.05) is 24.3 Å². The molecule has 0 radical (unpaired) electrons. The van der Waals surface area contributed by atoms with E-state index in [0.29, 0.717) is 28.7 Å². The van der Waals surface area contributed by atoms with Crippen LogP contribution in [0.15, 0.2) is 89.7 Å². The molecule has 8 heteroatoms. The molecule has 5 rings (SSSR count). The van der Waals surface area contributed by atoms with Gasteiger partial charge in [-0.25, -0.2) is 4.79 Å². The molecule has 7 nitrogen and oxygen atoms in total. The highest BCUT2D eigenvalue weighted by atomic mass is 32.1. The average Bonchev–Trinajstić information content (AvgIpc) is 3.45. The lowest BCUT2D eigenvalue weighted by Crippen LogP contribution is -2.29. The van der Waals surface area contributed by atoms with E-state index in [0.717, 1.165) is 11.3 Å². The summed E-state index contributed by atoms with van der Waals surface area (Å²) in [5, 5.41) is 13.6. The maximum absolute atomic E-state index is 11.7. The van der Waals surface area contributed by atoms with Crippen LogP contribution in [0, 0.1) is 0 Å². The van der Waals surface area contributed by atoms with Crippen molar-refractivity contribution < 1.29 is 14.3 Å². The van der Waals surface area contributed by atoms with Gasteiger partial charge in [-0.2, -0.15) is 0 Å². The predicted octanol–water partition coefficient (Wildman–Crippen LogP) is 4.61. The Labute approximate surface area is 195 Å². The normalized spacial score (nSPS) is 17.7. The summed E-state index contributed by atoms with van der Waals surface area (Å²) in [5.74, 6) is 0.157. The highest BCUT2D eigenvalue weighted by molar-refractivity contribution is 7.80. The zero-order chi connectivity index (χ0) is 22.8. The molecule has 1 saturated heterocycles. The van der Waals surface area contributed by atoms with Crippen molar-refractivity contribution in [2.45, 2.75) is 18.6 Å². The van der Waals surface area contributed by atoms with Crippen LogP contribution in [0.2, 0.25) is 0 Å². The Morgan fingerprint density at radius 2 is 1.82 bits per heavy atom. The molecular formula is C25H20N4O3S. The van der Waals surface area contributed by atoms with E-state index in [1.54, 1.807) is 48.9 Å². The van der Waals surface area contributed by atoms with Gasteiger partial charge in [-0.05, 0) is 60.2 Å². The summed E-state index contributed by atoms with van der Waals surface area (Å²) in [6.07, 6.45) is 5.25. The number of carbonyl (C=O) groups is 1. The van der Waals surface area contributed by atoms with Crippen LogP contribution in [0.3, 0.4) is 0 Å². The van der Waals surface area contributed by atoms with E-state index in [9.17, 15) is 9.90 Å². The molecule has 1 fully saturated rings. The number of nitrogens with one attached hydrogen (secondary N) is 1.